The number of aliphatic imine (C=N–C) groups is 1. The van der Waals surface area contributed by atoms with Crippen LogP contribution in [0.5, 0.6) is 11.5 Å². The Kier molecular flexibility index (Phi) is 8.88. The number of ether oxygens (including phenoxy) is 3. The summed E-state index contributed by atoms with van der Waals surface area (Å²) in [5.41, 5.74) is -0.332. The number of rotatable bonds is 12. The summed E-state index contributed by atoms with van der Waals surface area (Å²) in [7, 11) is -0.677. The van der Waals surface area contributed by atoms with E-state index in [1.54, 1.807) is 73.8 Å². The van der Waals surface area contributed by atoms with Gasteiger partial charge in [-0.3, -0.25) is 4.79 Å². The maximum atomic E-state index is 13.5. The Morgan fingerprint density at radius 1 is 1.05 bits per heavy atom. The average Bonchev–Trinajstić information content (AvgIpc) is 3.38. The Hall–Kier alpha value is -3.89. The molecule has 4 rings (SSSR count). The van der Waals surface area contributed by atoms with Crippen molar-refractivity contribution in [1.82, 2.24) is 5.32 Å². The van der Waals surface area contributed by atoms with Crippen LogP contribution in [-0.2, 0) is 19.4 Å². The number of hydrogen-bond acceptors (Lipinski definition) is 8. The standard InChI is InChI=1S/C29H32N2O7S/c1-30-28(33)29(16-19-39(34,35)25-10-4-3-5-11-25)26(22-8-6-9-24(20-22)36-2)38-27(31-29)21-12-14-23(15-13-21)37-18-7-17-32/h3-6,8-15,20,26,32H,7,16-19H2,1-2H3,(H,30,33)/t26-,29-/m1/s1. The highest BCUT2D eigenvalue weighted by molar-refractivity contribution is 7.91. The Morgan fingerprint density at radius 2 is 1.79 bits per heavy atom. The first-order valence-corrected chi connectivity index (χ1v) is 14.2. The summed E-state index contributed by atoms with van der Waals surface area (Å²) < 4.78 is 43.8. The van der Waals surface area contributed by atoms with Gasteiger partial charge in [0.05, 0.1) is 24.4 Å². The summed E-state index contributed by atoms with van der Waals surface area (Å²) in [5.74, 6) is 0.615. The molecule has 2 atom stereocenters. The molecule has 0 aliphatic carbocycles. The van der Waals surface area contributed by atoms with Crippen LogP contribution >= 0.6 is 0 Å². The first-order valence-electron chi connectivity index (χ1n) is 12.6. The molecule has 206 valence electrons. The molecule has 3 aromatic carbocycles. The van der Waals surface area contributed by atoms with Crippen LogP contribution < -0.4 is 14.8 Å². The van der Waals surface area contributed by atoms with E-state index in [4.69, 9.17) is 24.3 Å². The number of likely N-dealkylation sites (N-methyl/N-ethyl adjacent to an activating group) is 1. The van der Waals surface area contributed by atoms with E-state index in [-0.39, 0.29) is 29.6 Å². The number of hydrogen-bond donors (Lipinski definition) is 2. The van der Waals surface area contributed by atoms with E-state index in [1.807, 2.05) is 0 Å². The molecule has 1 aliphatic heterocycles. The van der Waals surface area contributed by atoms with E-state index in [9.17, 15) is 13.2 Å². The maximum Gasteiger partial charge on any atom is 0.252 e. The van der Waals surface area contributed by atoms with E-state index >= 15 is 0 Å². The molecule has 2 N–H and O–H groups in total. The number of aliphatic hydroxyl groups is 1. The quantitative estimate of drug-likeness (QED) is 0.331. The van der Waals surface area contributed by atoms with Crippen LogP contribution in [0.2, 0.25) is 0 Å². The molecule has 0 saturated heterocycles. The van der Waals surface area contributed by atoms with E-state index < -0.39 is 27.4 Å². The van der Waals surface area contributed by atoms with Crippen LogP contribution in [0.15, 0.2) is 88.8 Å². The summed E-state index contributed by atoms with van der Waals surface area (Å²) in [5, 5.41) is 11.6. The third kappa shape index (κ3) is 6.23. The smallest absolute Gasteiger partial charge is 0.252 e. The van der Waals surface area contributed by atoms with Crippen molar-refractivity contribution in [3.63, 3.8) is 0 Å². The van der Waals surface area contributed by atoms with Crippen molar-refractivity contribution < 1.29 is 32.5 Å². The fourth-order valence-electron chi connectivity index (χ4n) is 4.43. The number of amides is 1. The van der Waals surface area contributed by atoms with Crippen molar-refractivity contribution >= 4 is 21.6 Å². The number of carbonyl (C=O) groups excluding carboxylic acids is 1. The molecule has 10 heteroatoms. The second kappa shape index (κ2) is 12.3. The topological polar surface area (TPSA) is 124 Å². The fourth-order valence-corrected chi connectivity index (χ4v) is 5.81. The lowest BCUT2D eigenvalue weighted by Crippen LogP contribution is -2.48. The molecule has 0 spiro atoms. The number of sulfone groups is 1. The van der Waals surface area contributed by atoms with E-state index in [2.05, 4.69) is 5.32 Å². The largest absolute Gasteiger partial charge is 0.497 e. The van der Waals surface area contributed by atoms with Crippen molar-refractivity contribution in [3.05, 3.63) is 90.0 Å². The summed E-state index contributed by atoms with van der Waals surface area (Å²) in [6.07, 6.45) is -0.508. The van der Waals surface area contributed by atoms with Crippen molar-refractivity contribution in [1.29, 1.82) is 0 Å². The predicted molar refractivity (Wildman–Crippen MR) is 147 cm³/mol. The molecule has 1 amide bonds. The number of nitrogens with one attached hydrogen (secondary N) is 1. The summed E-state index contributed by atoms with van der Waals surface area (Å²) in [6, 6.07) is 22.3. The number of carbonyl (C=O) groups is 1. The van der Waals surface area contributed by atoms with Gasteiger partial charge in [-0.25, -0.2) is 13.4 Å². The van der Waals surface area contributed by atoms with E-state index in [1.165, 1.54) is 19.2 Å². The van der Waals surface area contributed by atoms with Gasteiger partial charge < -0.3 is 24.6 Å². The lowest BCUT2D eigenvalue weighted by atomic mass is 9.85. The first-order chi connectivity index (χ1) is 18.8. The monoisotopic (exact) mass is 552 g/mol. The third-order valence-corrected chi connectivity index (χ3v) is 8.24. The van der Waals surface area contributed by atoms with Crippen LogP contribution in [0, 0.1) is 0 Å². The highest BCUT2D eigenvalue weighted by atomic mass is 32.2. The normalized spacial score (nSPS) is 18.6. The van der Waals surface area contributed by atoms with Crippen molar-refractivity contribution in [2.75, 3.05) is 33.1 Å². The van der Waals surface area contributed by atoms with Gasteiger partial charge >= 0.3 is 0 Å². The zero-order chi connectivity index (χ0) is 27.9. The summed E-state index contributed by atoms with van der Waals surface area (Å²) in [4.78, 5) is 18.5. The molecule has 39 heavy (non-hydrogen) atoms. The van der Waals surface area contributed by atoms with Crippen molar-refractivity contribution in [3.8, 4) is 11.5 Å². The van der Waals surface area contributed by atoms with E-state index in [0.29, 0.717) is 35.7 Å². The zero-order valence-electron chi connectivity index (χ0n) is 21.9. The lowest BCUT2D eigenvalue weighted by molar-refractivity contribution is -0.128. The molecule has 0 fully saturated rings. The molecule has 0 saturated carbocycles. The van der Waals surface area contributed by atoms with Gasteiger partial charge in [0.2, 0.25) is 5.90 Å². The van der Waals surface area contributed by atoms with Gasteiger partial charge in [0.25, 0.3) is 5.91 Å². The number of benzene rings is 3. The molecule has 9 nitrogen and oxygen atoms in total. The van der Waals surface area contributed by atoms with Gasteiger partial charge in [-0.05, 0) is 54.1 Å². The Labute approximate surface area is 228 Å². The zero-order valence-corrected chi connectivity index (χ0v) is 22.7. The molecule has 1 aliphatic rings. The number of aliphatic hydroxyl groups excluding tert-OH is 1. The summed E-state index contributed by atoms with van der Waals surface area (Å²) >= 11 is 0. The predicted octanol–water partition coefficient (Wildman–Crippen LogP) is 3.32. The third-order valence-electron chi connectivity index (χ3n) is 6.51. The highest BCUT2D eigenvalue weighted by Gasteiger charge is 2.53. The molecular weight excluding hydrogens is 520 g/mol. The SMILES string of the molecule is CNC(=O)[C@]1(CCS(=O)(=O)c2ccccc2)N=C(c2ccc(OCCCO)cc2)O[C@@H]1c1cccc(OC)c1. The van der Waals surface area contributed by atoms with Gasteiger partial charge in [0, 0.05) is 32.1 Å². The minimum absolute atomic E-state index is 0.0377. The van der Waals surface area contributed by atoms with Gasteiger partial charge in [0.1, 0.15) is 11.5 Å². The fraction of sp³-hybridized carbons (Fsp3) is 0.310. The maximum absolute atomic E-state index is 13.5. The average molecular weight is 553 g/mol. The van der Waals surface area contributed by atoms with Crippen molar-refractivity contribution in [2.45, 2.75) is 29.4 Å². The minimum Gasteiger partial charge on any atom is -0.497 e. The molecular formula is C29H32N2O7S. The molecule has 0 unspecified atom stereocenters. The molecule has 0 aromatic heterocycles. The highest BCUT2D eigenvalue weighted by Crippen LogP contribution is 2.43. The second-order valence-corrected chi connectivity index (χ2v) is 11.1. The molecule has 0 bridgehead atoms. The van der Waals surface area contributed by atoms with Crippen LogP contribution in [0.25, 0.3) is 0 Å². The van der Waals surface area contributed by atoms with Crippen LogP contribution in [-0.4, -0.2) is 64.0 Å². The van der Waals surface area contributed by atoms with Gasteiger partial charge in [-0.15, -0.1) is 0 Å². The van der Waals surface area contributed by atoms with Gasteiger partial charge in [0.15, 0.2) is 21.5 Å². The Morgan fingerprint density at radius 3 is 2.46 bits per heavy atom. The molecule has 0 radical (unpaired) electrons. The van der Waals surface area contributed by atoms with Crippen LogP contribution in [0.1, 0.15) is 30.1 Å². The molecule has 1 heterocycles. The number of methoxy groups -OCH3 is 1. The van der Waals surface area contributed by atoms with Gasteiger partial charge in [-0.1, -0.05) is 30.3 Å². The minimum atomic E-state index is -3.71. The Bertz CT molecular complexity index is 1410. The van der Waals surface area contributed by atoms with Gasteiger partial charge in [-0.2, -0.15) is 0 Å². The van der Waals surface area contributed by atoms with Crippen LogP contribution in [0.4, 0.5) is 0 Å². The first kappa shape index (κ1) is 28.1. The lowest BCUT2D eigenvalue weighted by Gasteiger charge is -2.30. The van der Waals surface area contributed by atoms with E-state index in [0.717, 1.165) is 0 Å². The van der Waals surface area contributed by atoms with Crippen LogP contribution in [0.3, 0.4) is 0 Å². The molecule has 3 aromatic rings. The Balaban J connectivity index is 1.74. The number of nitrogens with zero attached hydrogens (tertiary/aromatic N) is 1. The van der Waals surface area contributed by atoms with Crippen molar-refractivity contribution in [2.24, 2.45) is 4.99 Å². The summed E-state index contributed by atoms with van der Waals surface area (Å²) in [6.45, 7) is 0.414. The second-order valence-electron chi connectivity index (χ2n) is 9.03.